The van der Waals surface area contributed by atoms with Crippen LogP contribution >= 0.6 is 0 Å². The third-order valence-electron chi connectivity index (χ3n) is 6.85. The molecule has 3 heterocycles. The Labute approximate surface area is 205 Å². The van der Waals surface area contributed by atoms with Crippen LogP contribution in [-0.2, 0) is 9.53 Å². The van der Waals surface area contributed by atoms with Crippen LogP contribution in [0, 0.1) is 11.3 Å². The number of amides is 1. The largest absolute Gasteiger partial charge is 0.384 e. The van der Waals surface area contributed by atoms with Crippen LogP contribution in [0.5, 0.6) is 0 Å². The van der Waals surface area contributed by atoms with Crippen molar-refractivity contribution in [1.29, 1.82) is 5.26 Å². The molecule has 1 saturated carbocycles. The number of aromatic nitrogens is 3. The SMILES string of the molecule is COCCC(=O)N1CCN(c2nc(C3CC3)c(-c3cccc(-c4cc[nH]n4)c3)cc2C#N)C[C@H]1C. The predicted molar refractivity (Wildman–Crippen MR) is 134 cm³/mol. The van der Waals surface area contributed by atoms with Gasteiger partial charge in [0, 0.05) is 56.0 Å². The van der Waals surface area contributed by atoms with Crippen molar-refractivity contribution in [3.8, 4) is 28.5 Å². The molecule has 5 rings (SSSR count). The number of anilines is 1. The number of pyridine rings is 1. The van der Waals surface area contributed by atoms with Gasteiger partial charge in [-0.15, -0.1) is 0 Å². The minimum Gasteiger partial charge on any atom is -0.384 e. The van der Waals surface area contributed by atoms with Gasteiger partial charge in [0.1, 0.15) is 11.9 Å². The molecule has 180 valence electrons. The molecule has 1 aliphatic heterocycles. The van der Waals surface area contributed by atoms with Crippen LogP contribution in [0.2, 0.25) is 0 Å². The number of ether oxygens (including phenoxy) is 1. The highest BCUT2D eigenvalue weighted by Gasteiger charge is 2.33. The quantitative estimate of drug-likeness (QED) is 0.561. The summed E-state index contributed by atoms with van der Waals surface area (Å²) in [5.74, 6) is 1.26. The van der Waals surface area contributed by atoms with Crippen molar-refractivity contribution in [1.82, 2.24) is 20.1 Å². The lowest BCUT2D eigenvalue weighted by Crippen LogP contribution is -2.54. The van der Waals surface area contributed by atoms with E-state index in [0.29, 0.717) is 44.1 Å². The molecule has 2 aromatic heterocycles. The fraction of sp³-hybridized carbons (Fsp3) is 0.407. The first-order chi connectivity index (χ1) is 17.1. The van der Waals surface area contributed by atoms with Crippen molar-refractivity contribution in [3.05, 3.63) is 53.9 Å². The first-order valence-electron chi connectivity index (χ1n) is 12.2. The smallest absolute Gasteiger partial charge is 0.225 e. The molecule has 1 N–H and O–H groups in total. The lowest BCUT2D eigenvalue weighted by Gasteiger charge is -2.41. The number of nitrogens with zero attached hydrogens (tertiary/aromatic N) is 5. The highest BCUT2D eigenvalue weighted by molar-refractivity contribution is 5.78. The summed E-state index contributed by atoms with van der Waals surface area (Å²) in [5, 5.41) is 17.2. The van der Waals surface area contributed by atoms with E-state index in [9.17, 15) is 10.1 Å². The van der Waals surface area contributed by atoms with Gasteiger partial charge in [-0.25, -0.2) is 4.98 Å². The van der Waals surface area contributed by atoms with Crippen LogP contribution in [0.25, 0.3) is 22.4 Å². The first kappa shape index (κ1) is 23.1. The number of hydrogen-bond acceptors (Lipinski definition) is 6. The van der Waals surface area contributed by atoms with E-state index >= 15 is 0 Å². The molecule has 1 amide bonds. The number of carbonyl (C=O) groups is 1. The Morgan fingerprint density at radius 3 is 2.74 bits per heavy atom. The molecule has 0 unspecified atom stereocenters. The van der Waals surface area contributed by atoms with Gasteiger partial charge in [0.05, 0.1) is 30.0 Å². The summed E-state index contributed by atoms with van der Waals surface area (Å²) in [6, 6.07) is 14.6. The van der Waals surface area contributed by atoms with Gasteiger partial charge in [-0.3, -0.25) is 9.89 Å². The van der Waals surface area contributed by atoms with Crippen molar-refractivity contribution in [2.75, 3.05) is 38.3 Å². The van der Waals surface area contributed by atoms with Gasteiger partial charge in [-0.05, 0) is 43.5 Å². The lowest BCUT2D eigenvalue weighted by atomic mass is 9.97. The summed E-state index contributed by atoms with van der Waals surface area (Å²) in [5.41, 5.74) is 5.61. The summed E-state index contributed by atoms with van der Waals surface area (Å²) in [6.07, 6.45) is 4.43. The van der Waals surface area contributed by atoms with Crippen LogP contribution in [0.15, 0.2) is 42.6 Å². The molecule has 0 bridgehead atoms. The maximum atomic E-state index is 12.6. The first-order valence-corrected chi connectivity index (χ1v) is 12.2. The number of benzene rings is 1. The van der Waals surface area contributed by atoms with Crippen molar-refractivity contribution in [2.45, 2.75) is 38.1 Å². The van der Waals surface area contributed by atoms with E-state index in [2.05, 4.69) is 40.2 Å². The number of methoxy groups -OCH3 is 1. The molecule has 1 aromatic carbocycles. The summed E-state index contributed by atoms with van der Waals surface area (Å²) >= 11 is 0. The third-order valence-corrected chi connectivity index (χ3v) is 6.85. The number of nitrogens with one attached hydrogen (secondary N) is 1. The Kier molecular flexibility index (Phi) is 6.51. The molecular weight excluding hydrogens is 440 g/mol. The second-order valence-electron chi connectivity index (χ2n) is 9.34. The second-order valence-corrected chi connectivity index (χ2v) is 9.34. The Morgan fingerprint density at radius 1 is 1.23 bits per heavy atom. The van der Waals surface area contributed by atoms with Gasteiger partial charge < -0.3 is 14.5 Å². The maximum Gasteiger partial charge on any atom is 0.225 e. The third kappa shape index (κ3) is 4.77. The molecule has 0 spiro atoms. The van der Waals surface area contributed by atoms with E-state index in [-0.39, 0.29) is 11.9 Å². The number of hydrogen-bond donors (Lipinski definition) is 1. The highest BCUT2D eigenvalue weighted by Crippen LogP contribution is 2.45. The van der Waals surface area contributed by atoms with E-state index in [1.165, 1.54) is 0 Å². The number of piperazine rings is 1. The number of carbonyl (C=O) groups excluding carboxylic acids is 1. The Morgan fingerprint density at radius 2 is 2.06 bits per heavy atom. The molecule has 1 atom stereocenters. The van der Waals surface area contributed by atoms with Crippen molar-refractivity contribution >= 4 is 11.7 Å². The maximum absolute atomic E-state index is 12.6. The summed E-state index contributed by atoms with van der Waals surface area (Å²) in [7, 11) is 1.61. The van der Waals surface area contributed by atoms with E-state index in [1.54, 1.807) is 7.11 Å². The molecule has 1 saturated heterocycles. The normalized spacial score (nSPS) is 17.9. The summed E-state index contributed by atoms with van der Waals surface area (Å²) in [6.45, 7) is 4.41. The molecule has 35 heavy (non-hydrogen) atoms. The summed E-state index contributed by atoms with van der Waals surface area (Å²) < 4.78 is 5.07. The monoisotopic (exact) mass is 470 g/mol. The van der Waals surface area contributed by atoms with Crippen LogP contribution in [0.4, 0.5) is 5.82 Å². The number of rotatable bonds is 7. The van der Waals surface area contributed by atoms with Crippen LogP contribution < -0.4 is 4.90 Å². The fourth-order valence-electron chi connectivity index (χ4n) is 4.86. The van der Waals surface area contributed by atoms with E-state index in [0.717, 1.165) is 46.7 Å². The Hall–Kier alpha value is -3.70. The molecule has 8 heteroatoms. The zero-order chi connectivity index (χ0) is 24.4. The van der Waals surface area contributed by atoms with E-state index < -0.39 is 0 Å². The van der Waals surface area contributed by atoms with Gasteiger partial charge in [0.2, 0.25) is 5.91 Å². The molecule has 1 aliphatic carbocycles. The minimum atomic E-state index is 0.0380. The number of nitriles is 1. The van der Waals surface area contributed by atoms with Crippen LogP contribution in [0.3, 0.4) is 0 Å². The average molecular weight is 471 g/mol. The topological polar surface area (TPSA) is 98.1 Å². The molecule has 2 fully saturated rings. The fourth-order valence-corrected chi connectivity index (χ4v) is 4.86. The molecular formula is C27H30N6O2. The standard InChI is InChI=1S/C27H30N6O2/c1-18-17-32(11-12-33(18)25(34)9-13-35-2)27-22(16-28)15-23(26(30-27)19-6-7-19)20-4-3-5-21(14-20)24-8-10-29-31-24/h3-5,8,10,14-15,18-19H,6-7,9,11-13,17H2,1-2H3,(H,29,31)/t18-/m1/s1. The number of aromatic amines is 1. The second kappa shape index (κ2) is 9.88. The summed E-state index contributed by atoms with van der Waals surface area (Å²) in [4.78, 5) is 21.7. The van der Waals surface area contributed by atoms with Crippen LogP contribution in [0.1, 0.15) is 43.4 Å². The zero-order valence-electron chi connectivity index (χ0n) is 20.2. The predicted octanol–water partition coefficient (Wildman–Crippen LogP) is 3.96. The Bertz CT molecular complexity index is 1250. The van der Waals surface area contributed by atoms with Gasteiger partial charge >= 0.3 is 0 Å². The molecule has 3 aromatic rings. The molecule has 0 radical (unpaired) electrons. The van der Waals surface area contributed by atoms with Gasteiger partial charge in [-0.1, -0.05) is 18.2 Å². The van der Waals surface area contributed by atoms with Crippen molar-refractivity contribution < 1.29 is 9.53 Å². The van der Waals surface area contributed by atoms with E-state index in [4.69, 9.17) is 9.72 Å². The average Bonchev–Trinajstić information content (AvgIpc) is 3.59. The van der Waals surface area contributed by atoms with Crippen molar-refractivity contribution in [2.24, 2.45) is 0 Å². The Balaban J connectivity index is 1.46. The van der Waals surface area contributed by atoms with Crippen LogP contribution in [-0.4, -0.2) is 65.4 Å². The molecule has 8 nitrogen and oxygen atoms in total. The van der Waals surface area contributed by atoms with Gasteiger partial charge in [0.25, 0.3) is 0 Å². The van der Waals surface area contributed by atoms with Crippen molar-refractivity contribution in [3.63, 3.8) is 0 Å². The lowest BCUT2D eigenvalue weighted by molar-refractivity contribution is -0.134. The molecule has 2 aliphatic rings. The minimum absolute atomic E-state index is 0.0380. The van der Waals surface area contributed by atoms with E-state index in [1.807, 2.05) is 35.4 Å². The van der Waals surface area contributed by atoms with Gasteiger partial charge in [-0.2, -0.15) is 10.4 Å². The van der Waals surface area contributed by atoms with Gasteiger partial charge in [0.15, 0.2) is 0 Å². The number of H-pyrrole nitrogens is 1. The zero-order valence-corrected chi connectivity index (χ0v) is 20.2. The highest BCUT2D eigenvalue weighted by atomic mass is 16.5.